The lowest BCUT2D eigenvalue weighted by Crippen LogP contribution is -2.07. The van der Waals surface area contributed by atoms with Crippen LogP contribution in [0.3, 0.4) is 0 Å². The highest BCUT2D eigenvalue weighted by Gasteiger charge is 2.30. The van der Waals surface area contributed by atoms with E-state index >= 15 is 0 Å². The minimum absolute atomic E-state index is 0.0187. The molecule has 0 atom stereocenters. The van der Waals surface area contributed by atoms with E-state index in [4.69, 9.17) is 10.5 Å². The van der Waals surface area contributed by atoms with Crippen molar-refractivity contribution in [3.63, 3.8) is 0 Å². The molecule has 8 heteroatoms. The van der Waals surface area contributed by atoms with E-state index in [2.05, 4.69) is 14.9 Å². The third-order valence-electron chi connectivity index (χ3n) is 2.45. The van der Waals surface area contributed by atoms with Gasteiger partial charge < -0.3 is 10.5 Å². The van der Waals surface area contributed by atoms with E-state index in [0.29, 0.717) is 11.4 Å². The van der Waals surface area contributed by atoms with E-state index in [1.807, 2.05) is 0 Å². The standard InChI is InChI=1S/C11H10F3N3O2/c1-6-9(17-19-16-6)5-18-10-3-2-7(4-8(10)15)11(12,13)14/h2-4H,5,15H2,1H3. The molecule has 2 rings (SSSR count). The maximum absolute atomic E-state index is 12.4. The number of hydrogen-bond acceptors (Lipinski definition) is 5. The minimum Gasteiger partial charge on any atom is -0.485 e. The van der Waals surface area contributed by atoms with Crippen LogP contribution in [0, 0.1) is 6.92 Å². The van der Waals surface area contributed by atoms with Gasteiger partial charge in [0, 0.05) is 0 Å². The summed E-state index contributed by atoms with van der Waals surface area (Å²) in [5, 5.41) is 7.14. The van der Waals surface area contributed by atoms with Crippen molar-refractivity contribution in [3.8, 4) is 5.75 Å². The highest BCUT2D eigenvalue weighted by Crippen LogP contribution is 2.33. The number of rotatable bonds is 3. The Morgan fingerprint density at radius 1 is 1.32 bits per heavy atom. The number of ether oxygens (including phenoxy) is 1. The molecule has 0 radical (unpaired) electrons. The summed E-state index contributed by atoms with van der Waals surface area (Å²) >= 11 is 0. The number of benzene rings is 1. The van der Waals surface area contributed by atoms with Crippen molar-refractivity contribution in [1.82, 2.24) is 10.3 Å². The summed E-state index contributed by atoms with van der Waals surface area (Å²) in [7, 11) is 0. The van der Waals surface area contributed by atoms with Crippen molar-refractivity contribution in [2.24, 2.45) is 0 Å². The van der Waals surface area contributed by atoms with Crippen molar-refractivity contribution in [1.29, 1.82) is 0 Å². The number of anilines is 1. The van der Waals surface area contributed by atoms with Crippen LogP contribution in [0.15, 0.2) is 22.8 Å². The molecule has 2 N–H and O–H groups in total. The zero-order chi connectivity index (χ0) is 14.0. The molecule has 1 heterocycles. The quantitative estimate of drug-likeness (QED) is 0.870. The molecule has 1 aromatic heterocycles. The van der Waals surface area contributed by atoms with Gasteiger partial charge >= 0.3 is 6.18 Å². The van der Waals surface area contributed by atoms with Crippen LogP contribution >= 0.6 is 0 Å². The minimum atomic E-state index is -4.43. The molecule has 0 saturated carbocycles. The van der Waals surface area contributed by atoms with Gasteiger partial charge in [0.05, 0.1) is 11.3 Å². The normalized spacial score (nSPS) is 11.6. The van der Waals surface area contributed by atoms with E-state index < -0.39 is 11.7 Å². The van der Waals surface area contributed by atoms with Gasteiger partial charge in [0.25, 0.3) is 0 Å². The Labute approximate surface area is 106 Å². The number of aryl methyl sites for hydroxylation is 1. The summed E-state index contributed by atoms with van der Waals surface area (Å²) < 4.78 is 47.0. The highest BCUT2D eigenvalue weighted by atomic mass is 19.4. The number of aromatic nitrogens is 2. The molecule has 0 fully saturated rings. The topological polar surface area (TPSA) is 74.2 Å². The van der Waals surface area contributed by atoms with E-state index in [-0.39, 0.29) is 18.0 Å². The van der Waals surface area contributed by atoms with Crippen LogP contribution in [0.4, 0.5) is 18.9 Å². The molecule has 0 saturated heterocycles. The molecule has 1 aromatic carbocycles. The van der Waals surface area contributed by atoms with Crippen LogP contribution in [0.2, 0.25) is 0 Å². The maximum Gasteiger partial charge on any atom is 0.416 e. The van der Waals surface area contributed by atoms with E-state index in [1.165, 1.54) is 6.07 Å². The fourth-order valence-electron chi connectivity index (χ4n) is 1.38. The molecule has 2 aromatic rings. The zero-order valence-electron chi connectivity index (χ0n) is 9.86. The summed E-state index contributed by atoms with van der Waals surface area (Å²) in [6, 6.07) is 2.89. The predicted octanol–water partition coefficient (Wildman–Crippen LogP) is 2.56. The second kappa shape index (κ2) is 4.79. The van der Waals surface area contributed by atoms with Crippen molar-refractivity contribution < 1.29 is 22.5 Å². The number of hydrogen-bond donors (Lipinski definition) is 1. The van der Waals surface area contributed by atoms with Gasteiger partial charge in [-0.1, -0.05) is 10.3 Å². The van der Waals surface area contributed by atoms with Gasteiger partial charge in [-0.25, -0.2) is 4.63 Å². The van der Waals surface area contributed by atoms with Gasteiger partial charge in [0.2, 0.25) is 0 Å². The molecule has 0 aliphatic carbocycles. The molecule has 19 heavy (non-hydrogen) atoms. The van der Waals surface area contributed by atoms with Crippen LogP contribution in [-0.4, -0.2) is 10.3 Å². The summed E-state index contributed by atoms with van der Waals surface area (Å²) in [5.74, 6) is 0.149. The Bertz CT molecular complexity index is 581. The Hall–Kier alpha value is -2.25. The Balaban J connectivity index is 2.12. The first-order valence-electron chi connectivity index (χ1n) is 5.25. The fourth-order valence-corrected chi connectivity index (χ4v) is 1.38. The number of halogens is 3. The average molecular weight is 273 g/mol. The summed E-state index contributed by atoms with van der Waals surface area (Å²) in [6.07, 6.45) is -4.43. The molecule has 5 nitrogen and oxygen atoms in total. The maximum atomic E-state index is 12.4. The first-order chi connectivity index (χ1) is 8.88. The largest absolute Gasteiger partial charge is 0.485 e. The van der Waals surface area contributed by atoms with E-state index in [0.717, 1.165) is 12.1 Å². The van der Waals surface area contributed by atoms with Crippen LogP contribution in [0.5, 0.6) is 5.75 Å². The van der Waals surface area contributed by atoms with Crippen LogP contribution in [-0.2, 0) is 12.8 Å². The molecular formula is C11H10F3N3O2. The third-order valence-corrected chi connectivity index (χ3v) is 2.45. The first-order valence-corrected chi connectivity index (χ1v) is 5.25. The van der Waals surface area contributed by atoms with Crippen LogP contribution < -0.4 is 10.5 Å². The third kappa shape index (κ3) is 2.95. The smallest absolute Gasteiger partial charge is 0.416 e. The van der Waals surface area contributed by atoms with E-state index in [1.54, 1.807) is 6.92 Å². The summed E-state index contributed by atoms with van der Waals surface area (Å²) in [5.41, 5.74) is 5.60. The Morgan fingerprint density at radius 3 is 2.58 bits per heavy atom. The van der Waals surface area contributed by atoms with Gasteiger partial charge in [-0.05, 0) is 25.1 Å². The van der Waals surface area contributed by atoms with Gasteiger partial charge in [-0.15, -0.1) is 0 Å². The van der Waals surface area contributed by atoms with Gasteiger partial charge in [0.15, 0.2) is 0 Å². The Kier molecular flexibility index (Phi) is 3.32. The molecule has 102 valence electrons. The predicted molar refractivity (Wildman–Crippen MR) is 59.2 cm³/mol. The van der Waals surface area contributed by atoms with Crippen molar-refractivity contribution in [2.45, 2.75) is 19.7 Å². The number of alkyl halides is 3. The average Bonchev–Trinajstić information content (AvgIpc) is 2.72. The molecule has 0 amide bonds. The fraction of sp³-hybridized carbons (Fsp3) is 0.273. The molecule has 0 aliphatic rings. The summed E-state index contributed by atoms with van der Waals surface area (Å²) in [4.78, 5) is 0. The summed E-state index contributed by atoms with van der Waals surface area (Å²) in [6.45, 7) is 1.69. The van der Waals surface area contributed by atoms with Gasteiger partial charge in [0.1, 0.15) is 23.7 Å². The SMILES string of the molecule is Cc1nonc1COc1ccc(C(F)(F)F)cc1N. The van der Waals surface area contributed by atoms with E-state index in [9.17, 15) is 13.2 Å². The lowest BCUT2D eigenvalue weighted by molar-refractivity contribution is -0.137. The second-order valence-corrected chi connectivity index (χ2v) is 3.84. The molecule has 0 spiro atoms. The van der Waals surface area contributed by atoms with Gasteiger partial charge in [-0.3, -0.25) is 0 Å². The molecule has 0 unspecified atom stereocenters. The number of nitrogens with zero attached hydrogens (tertiary/aromatic N) is 2. The highest BCUT2D eigenvalue weighted by molar-refractivity contribution is 5.54. The number of nitrogens with two attached hydrogens (primary N) is 1. The Morgan fingerprint density at radius 2 is 2.05 bits per heavy atom. The lowest BCUT2D eigenvalue weighted by atomic mass is 10.2. The monoisotopic (exact) mass is 273 g/mol. The lowest BCUT2D eigenvalue weighted by Gasteiger charge is -2.11. The second-order valence-electron chi connectivity index (χ2n) is 3.84. The van der Waals surface area contributed by atoms with Gasteiger partial charge in [-0.2, -0.15) is 13.2 Å². The molecule has 0 bridgehead atoms. The zero-order valence-corrected chi connectivity index (χ0v) is 9.86. The first kappa shape index (κ1) is 13.2. The van der Waals surface area contributed by atoms with Crippen LogP contribution in [0.25, 0.3) is 0 Å². The van der Waals surface area contributed by atoms with Crippen molar-refractivity contribution in [2.75, 3.05) is 5.73 Å². The molecular weight excluding hydrogens is 263 g/mol. The number of nitrogen functional groups attached to an aromatic ring is 1. The molecule has 0 aliphatic heterocycles. The van der Waals surface area contributed by atoms with Crippen LogP contribution in [0.1, 0.15) is 17.0 Å². The van der Waals surface area contributed by atoms with Crippen molar-refractivity contribution >= 4 is 5.69 Å². The van der Waals surface area contributed by atoms with Crippen molar-refractivity contribution in [3.05, 3.63) is 35.2 Å².